The molecule has 1 atom stereocenters. The van der Waals surface area contributed by atoms with Gasteiger partial charge in [0.1, 0.15) is 11.8 Å². The van der Waals surface area contributed by atoms with Crippen LogP contribution in [0.3, 0.4) is 0 Å². The fourth-order valence-electron chi connectivity index (χ4n) is 1.97. The molecule has 6 nitrogen and oxygen atoms in total. The highest BCUT2D eigenvalue weighted by Gasteiger charge is 2.32. The van der Waals surface area contributed by atoms with Crippen LogP contribution in [0.15, 0.2) is 24.3 Å². The third-order valence-electron chi connectivity index (χ3n) is 2.92. The van der Waals surface area contributed by atoms with Crippen LogP contribution in [0.1, 0.15) is 5.56 Å². The van der Waals surface area contributed by atoms with E-state index in [0.717, 1.165) is 5.56 Å². The molecule has 6 heteroatoms. The van der Waals surface area contributed by atoms with Gasteiger partial charge in [0.05, 0.1) is 0 Å². The first-order valence-electron chi connectivity index (χ1n) is 5.63. The fourth-order valence-corrected chi connectivity index (χ4v) is 1.97. The lowest BCUT2D eigenvalue weighted by molar-refractivity contribution is -0.141. The molecule has 2 rings (SSSR count). The lowest BCUT2D eigenvalue weighted by Crippen LogP contribution is -2.44. The summed E-state index contributed by atoms with van der Waals surface area (Å²) < 4.78 is 0. The summed E-state index contributed by atoms with van der Waals surface area (Å²) in [6.45, 7) is 0.867. The number of nitrogens with one attached hydrogen (secondary N) is 1. The van der Waals surface area contributed by atoms with Gasteiger partial charge in [0.2, 0.25) is 0 Å². The SMILES string of the molecule is O=C(O)C(Cc1ccc(O)cc1)N1CCNC1=O. The number of benzene rings is 1. The van der Waals surface area contributed by atoms with Gasteiger partial charge in [-0.05, 0) is 17.7 Å². The molecule has 1 fully saturated rings. The van der Waals surface area contributed by atoms with E-state index in [9.17, 15) is 14.7 Å². The van der Waals surface area contributed by atoms with E-state index in [1.165, 1.54) is 17.0 Å². The highest BCUT2D eigenvalue weighted by Crippen LogP contribution is 2.15. The molecule has 0 saturated carbocycles. The van der Waals surface area contributed by atoms with Crippen molar-refractivity contribution in [3.05, 3.63) is 29.8 Å². The van der Waals surface area contributed by atoms with E-state index in [-0.39, 0.29) is 18.2 Å². The molecule has 1 aliphatic heterocycles. The Morgan fingerprint density at radius 3 is 2.56 bits per heavy atom. The van der Waals surface area contributed by atoms with E-state index in [1.807, 2.05) is 0 Å². The number of carbonyl (C=O) groups excluding carboxylic acids is 1. The minimum absolute atomic E-state index is 0.129. The third-order valence-corrected chi connectivity index (χ3v) is 2.92. The lowest BCUT2D eigenvalue weighted by Gasteiger charge is -2.22. The van der Waals surface area contributed by atoms with Crippen LogP contribution in [0.2, 0.25) is 0 Å². The Bertz CT molecular complexity index is 458. The van der Waals surface area contributed by atoms with Crippen molar-refractivity contribution in [3.63, 3.8) is 0 Å². The first-order chi connectivity index (χ1) is 8.58. The topological polar surface area (TPSA) is 89.9 Å². The van der Waals surface area contributed by atoms with Gasteiger partial charge < -0.3 is 20.4 Å². The van der Waals surface area contributed by atoms with Gasteiger partial charge in [-0.1, -0.05) is 12.1 Å². The number of carboxylic acids is 1. The predicted octanol–water partition coefficient (Wildman–Crippen LogP) is 0.413. The second-order valence-corrected chi connectivity index (χ2v) is 4.15. The van der Waals surface area contributed by atoms with Crippen LogP contribution >= 0.6 is 0 Å². The number of aromatic hydroxyl groups is 1. The Morgan fingerprint density at radius 2 is 2.06 bits per heavy atom. The maximum atomic E-state index is 11.5. The van der Waals surface area contributed by atoms with Crippen LogP contribution in [-0.2, 0) is 11.2 Å². The lowest BCUT2D eigenvalue weighted by atomic mass is 10.0. The standard InChI is InChI=1S/C12H14N2O4/c15-9-3-1-8(2-4-9)7-10(11(16)17)14-6-5-13-12(14)18/h1-4,10,15H,5-7H2,(H,13,18)(H,16,17). The highest BCUT2D eigenvalue weighted by molar-refractivity contribution is 5.84. The first-order valence-corrected chi connectivity index (χ1v) is 5.63. The number of phenolic OH excluding ortho intramolecular Hbond substituents is 1. The van der Waals surface area contributed by atoms with Gasteiger partial charge in [0.15, 0.2) is 0 Å². The summed E-state index contributed by atoms with van der Waals surface area (Å²) in [5.74, 6) is -0.898. The van der Waals surface area contributed by atoms with Crippen LogP contribution in [-0.4, -0.2) is 46.2 Å². The van der Waals surface area contributed by atoms with Crippen LogP contribution in [0.25, 0.3) is 0 Å². The van der Waals surface area contributed by atoms with E-state index in [0.29, 0.717) is 13.1 Å². The minimum Gasteiger partial charge on any atom is -0.508 e. The molecule has 1 unspecified atom stereocenters. The molecular formula is C12H14N2O4. The number of carbonyl (C=O) groups is 2. The smallest absolute Gasteiger partial charge is 0.326 e. The number of hydrogen-bond acceptors (Lipinski definition) is 3. The summed E-state index contributed by atoms with van der Waals surface area (Å²) in [5, 5.41) is 20.9. The summed E-state index contributed by atoms with van der Waals surface area (Å²) in [7, 11) is 0. The van der Waals surface area contributed by atoms with Crippen molar-refractivity contribution in [3.8, 4) is 5.75 Å². The second kappa shape index (κ2) is 4.95. The Labute approximate surface area is 104 Å². The van der Waals surface area contributed by atoms with Crippen molar-refractivity contribution in [1.82, 2.24) is 10.2 Å². The summed E-state index contributed by atoms with van der Waals surface area (Å²) in [4.78, 5) is 24.0. The Morgan fingerprint density at radius 1 is 1.39 bits per heavy atom. The molecule has 3 N–H and O–H groups in total. The van der Waals surface area contributed by atoms with Gasteiger partial charge in [-0.3, -0.25) is 0 Å². The minimum atomic E-state index is -1.03. The van der Waals surface area contributed by atoms with Crippen molar-refractivity contribution in [2.75, 3.05) is 13.1 Å². The van der Waals surface area contributed by atoms with E-state index in [4.69, 9.17) is 5.11 Å². The molecule has 1 saturated heterocycles. The number of urea groups is 1. The molecule has 1 heterocycles. The summed E-state index contributed by atoms with van der Waals surface area (Å²) in [5.41, 5.74) is 0.764. The van der Waals surface area contributed by atoms with Gasteiger partial charge in [0.25, 0.3) is 0 Å². The van der Waals surface area contributed by atoms with E-state index < -0.39 is 12.0 Å². The number of hydrogen-bond donors (Lipinski definition) is 3. The molecule has 1 aliphatic rings. The summed E-state index contributed by atoms with van der Waals surface area (Å²) in [6, 6.07) is 5.08. The number of aliphatic carboxylic acids is 1. The van der Waals surface area contributed by atoms with Gasteiger partial charge in [0, 0.05) is 19.5 Å². The second-order valence-electron chi connectivity index (χ2n) is 4.15. The monoisotopic (exact) mass is 250 g/mol. The van der Waals surface area contributed by atoms with E-state index >= 15 is 0 Å². The van der Waals surface area contributed by atoms with Gasteiger partial charge >= 0.3 is 12.0 Å². The van der Waals surface area contributed by atoms with Crippen molar-refractivity contribution in [2.24, 2.45) is 0 Å². The maximum absolute atomic E-state index is 11.5. The fraction of sp³-hybridized carbons (Fsp3) is 0.333. The van der Waals surface area contributed by atoms with Gasteiger partial charge in [-0.15, -0.1) is 0 Å². The van der Waals surface area contributed by atoms with Crippen molar-refractivity contribution in [2.45, 2.75) is 12.5 Å². The Kier molecular flexibility index (Phi) is 3.36. The highest BCUT2D eigenvalue weighted by atomic mass is 16.4. The zero-order chi connectivity index (χ0) is 13.1. The van der Waals surface area contributed by atoms with E-state index in [2.05, 4.69) is 5.32 Å². The number of rotatable bonds is 4. The Balaban J connectivity index is 2.13. The molecular weight excluding hydrogens is 236 g/mol. The van der Waals surface area contributed by atoms with Crippen molar-refractivity contribution >= 4 is 12.0 Å². The molecule has 18 heavy (non-hydrogen) atoms. The maximum Gasteiger partial charge on any atom is 0.326 e. The number of carboxylic acid groups (broad SMARTS) is 1. The molecule has 0 spiro atoms. The molecule has 0 aromatic heterocycles. The zero-order valence-electron chi connectivity index (χ0n) is 9.67. The molecule has 0 radical (unpaired) electrons. The molecule has 96 valence electrons. The van der Waals surface area contributed by atoms with Gasteiger partial charge in [-0.2, -0.15) is 0 Å². The number of amides is 2. The normalized spacial score (nSPS) is 16.4. The van der Waals surface area contributed by atoms with Gasteiger partial charge in [-0.25, -0.2) is 9.59 Å². The van der Waals surface area contributed by atoms with Crippen LogP contribution in [0.4, 0.5) is 4.79 Å². The van der Waals surface area contributed by atoms with Crippen molar-refractivity contribution < 1.29 is 19.8 Å². The molecule has 1 aromatic rings. The quantitative estimate of drug-likeness (QED) is 0.722. The first kappa shape index (κ1) is 12.2. The third kappa shape index (κ3) is 2.53. The summed E-state index contributed by atoms with van der Waals surface area (Å²) >= 11 is 0. The van der Waals surface area contributed by atoms with Crippen LogP contribution in [0, 0.1) is 0 Å². The number of phenols is 1. The van der Waals surface area contributed by atoms with Crippen LogP contribution < -0.4 is 5.32 Å². The average Bonchev–Trinajstić information content (AvgIpc) is 2.74. The molecule has 1 aromatic carbocycles. The summed E-state index contributed by atoms with van der Waals surface area (Å²) in [6.07, 6.45) is 0.225. The predicted molar refractivity (Wildman–Crippen MR) is 63.3 cm³/mol. The largest absolute Gasteiger partial charge is 0.508 e. The average molecular weight is 250 g/mol. The zero-order valence-corrected chi connectivity index (χ0v) is 9.67. The van der Waals surface area contributed by atoms with Crippen LogP contribution in [0.5, 0.6) is 5.75 Å². The Hall–Kier alpha value is -2.24. The molecule has 2 amide bonds. The number of nitrogens with zero attached hydrogens (tertiary/aromatic N) is 1. The van der Waals surface area contributed by atoms with Crippen molar-refractivity contribution in [1.29, 1.82) is 0 Å². The molecule has 0 bridgehead atoms. The van der Waals surface area contributed by atoms with E-state index in [1.54, 1.807) is 12.1 Å². The molecule has 0 aliphatic carbocycles.